The number of hydrogen-bond donors (Lipinski definition) is 0. The van der Waals surface area contributed by atoms with Gasteiger partial charge in [0.05, 0.1) is 4.91 Å². The molecule has 76 valence electrons. The predicted molar refractivity (Wildman–Crippen MR) is 52.1 cm³/mol. The van der Waals surface area contributed by atoms with Crippen molar-refractivity contribution in [1.29, 1.82) is 0 Å². The van der Waals surface area contributed by atoms with E-state index in [1.165, 1.54) is 12.1 Å². The van der Waals surface area contributed by atoms with E-state index < -0.39 is 27.6 Å². The van der Waals surface area contributed by atoms with Gasteiger partial charge in [0.1, 0.15) is 0 Å². The van der Waals surface area contributed by atoms with Crippen molar-refractivity contribution in [2.45, 2.75) is 0 Å². The summed E-state index contributed by atoms with van der Waals surface area (Å²) in [5.74, 6) is -1.08. The Morgan fingerprint density at radius 3 is 2.27 bits per heavy atom. The van der Waals surface area contributed by atoms with Crippen LogP contribution in [-0.2, 0) is 11.1 Å². The molecule has 0 saturated heterocycles. The van der Waals surface area contributed by atoms with E-state index in [4.69, 9.17) is 0 Å². The Kier molecular flexibility index (Phi) is 2.34. The van der Waals surface area contributed by atoms with Crippen molar-refractivity contribution in [1.82, 2.24) is 0 Å². The number of hydrogen-bond acceptors (Lipinski definition) is 4. The van der Waals surface area contributed by atoms with Crippen LogP contribution >= 0.6 is 0 Å². The van der Waals surface area contributed by atoms with Gasteiger partial charge in [0.2, 0.25) is 5.78 Å². The smallest absolute Gasteiger partial charge is 0.201 e. The van der Waals surface area contributed by atoms with E-state index in [1.807, 2.05) is 0 Å². The fourth-order valence-corrected chi connectivity index (χ4v) is 1.88. The fourth-order valence-electron chi connectivity index (χ4n) is 1.41. The fraction of sp³-hybridized carbons (Fsp3) is 0. The second kappa shape index (κ2) is 3.52. The Morgan fingerprint density at radius 2 is 1.67 bits per heavy atom. The summed E-state index contributed by atoms with van der Waals surface area (Å²) in [6.07, 6.45) is 0.855. The standard InChI is InChI=1S/C10H6O4S/c11-8-5-9(15(13)14)10(12)7-4-2-1-3-6(7)8/h1-5H,(H,13,14)/p-1. The maximum absolute atomic E-state index is 11.6. The largest absolute Gasteiger partial charge is 0.768 e. The lowest BCUT2D eigenvalue weighted by Crippen LogP contribution is -2.19. The Labute approximate surface area is 87.9 Å². The Bertz CT molecular complexity index is 516. The Morgan fingerprint density at radius 1 is 1.07 bits per heavy atom. The van der Waals surface area contributed by atoms with Gasteiger partial charge in [0.15, 0.2) is 5.78 Å². The van der Waals surface area contributed by atoms with E-state index in [1.54, 1.807) is 12.1 Å². The molecule has 4 nitrogen and oxygen atoms in total. The minimum atomic E-state index is -2.67. The molecule has 0 amide bonds. The first kappa shape index (κ1) is 9.95. The summed E-state index contributed by atoms with van der Waals surface area (Å²) < 4.78 is 21.4. The maximum atomic E-state index is 11.6. The quantitative estimate of drug-likeness (QED) is 0.658. The van der Waals surface area contributed by atoms with Gasteiger partial charge in [-0.25, -0.2) is 0 Å². The van der Waals surface area contributed by atoms with Crippen molar-refractivity contribution in [2.24, 2.45) is 0 Å². The third kappa shape index (κ3) is 1.55. The van der Waals surface area contributed by atoms with E-state index in [-0.39, 0.29) is 11.1 Å². The minimum absolute atomic E-state index is 0.143. The van der Waals surface area contributed by atoms with Gasteiger partial charge in [-0.3, -0.25) is 13.8 Å². The first-order chi connectivity index (χ1) is 7.11. The molecule has 0 aromatic heterocycles. The first-order valence-corrected chi connectivity index (χ1v) is 5.18. The molecular formula is C10H5O4S-. The monoisotopic (exact) mass is 221 g/mol. The molecule has 0 saturated carbocycles. The molecule has 1 aliphatic carbocycles. The van der Waals surface area contributed by atoms with Crippen molar-refractivity contribution in [3.63, 3.8) is 0 Å². The molecule has 0 bridgehead atoms. The molecule has 1 unspecified atom stereocenters. The van der Waals surface area contributed by atoms with Crippen molar-refractivity contribution in [2.75, 3.05) is 0 Å². The van der Waals surface area contributed by atoms with E-state index in [0.717, 1.165) is 6.08 Å². The molecule has 0 aliphatic heterocycles. The highest BCUT2D eigenvalue weighted by molar-refractivity contribution is 7.84. The molecule has 0 heterocycles. The molecule has 1 aromatic carbocycles. The van der Waals surface area contributed by atoms with Crippen LogP contribution in [0.3, 0.4) is 0 Å². The average Bonchev–Trinajstić information content (AvgIpc) is 2.23. The van der Waals surface area contributed by atoms with Crippen LogP contribution in [0.15, 0.2) is 35.2 Å². The van der Waals surface area contributed by atoms with Gasteiger partial charge >= 0.3 is 0 Å². The topological polar surface area (TPSA) is 74.3 Å². The number of carbonyl (C=O) groups is 2. The third-order valence-electron chi connectivity index (χ3n) is 2.10. The third-order valence-corrected chi connectivity index (χ3v) is 2.77. The molecule has 1 aliphatic rings. The Balaban J connectivity index is 2.64. The van der Waals surface area contributed by atoms with E-state index in [0.29, 0.717) is 0 Å². The van der Waals surface area contributed by atoms with Gasteiger partial charge in [-0.05, 0) is 11.1 Å². The van der Waals surface area contributed by atoms with Crippen LogP contribution in [0.25, 0.3) is 0 Å². The lowest BCUT2D eigenvalue weighted by atomic mass is 9.95. The van der Waals surface area contributed by atoms with E-state index in [2.05, 4.69) is 0 Å². The molecule has 1 atom stereocenters. The lowest BCUT2D eigenvalue weighted by molar-refractivity contribution is 0.0990. The number of Topliss-reactive ketones (excluding diaryl/α,β-unsaturated/α-hetero) is 1. The summed E-state index contributed by atoms with van der Waals surface area (Å²) in [6, 6.07) is 6.14. The van der Waals surface area contributed by atoms with Gasteiger partial charge in [0, 0.05) is 17.2 Å². The molecule has 1 aromatic rings. The minimum Gasteiger partial charge on any atom is -0.768 e. The molecule has 0 spiro atoms. The van der Waals surface area contributed by atoms with Crippen molar-refractivity contribution in [3.05, 3.63) is 46.4 Å². The number of fused-ring (bicyclic) bond motifs is 1. The van der Waals surface area contributed by atoms with Crippen LogP contribution in [0.2, 0.25) is 0 Å². The molecule has 2 rings (SSSR count). The predicted octanol–water partition coefficient (Wildman–Crippen LogP) is 0.829. The van der Waals surface area contributed by atoms with Crippen LogP contribution in [0, 0.1) is 0 Å². The van der Waals surface area contributed by atoms with Crippen LogP contribution in [0.5, 0.6) is 0 Å². The summed E-state index contributed by atoms with van der Waals surface area (Å²) >= 11 is -2.67. The summed E-state index contributed by atoms with van der Waals surface area (Å²) in [5, 5.41) is 0. The van der Waals surface area contributed by atoms with Gasteiger partial charge in [-0.1, -0.05) is 24.3 Å². The summed E-state index contributed by atoms with van der Waals surface area (Å²) in [4.78, 5) is 22.6. The zero-order valence-electron chi connectivity index (χ0n) is 7.43. The zero-order valence-corrected chi connectivity index (χ0v) is 8.24. The van der Waals surface area contributed by atoms with Crippen LogP contribution < -0.4 is 0 Å². The van der Waals surface area contributed by atoms with Gasteiger partial charge in [0.25, 0.3) is 0 Å². The normalized spacial score (nSPS) is 17.0. The maximum Gasteiger partial charge on any atom is 0.201 e. The van der Waals surface area contributed by atoms with Crippen LogP contribution in [0.1, 0.15) is 20.7 Å². The second-order valence-electron chi connectivity index (χ2n) is 2.98. The lowest BCUT2D eigenvalue weighted by Gasteiger charge is -2.15. The molecule has 0 radical (unpaired) electrons. The highest BCUT2D eigenvalue weighted by Crippen LogP contribution is 2.22. The van der Waals surface area contributed by atoms with Crippen molar-refractivity contribution < 1.29 is 18.4 Å². The highest BCUT2D eigenvalue weighted by atomic mass is 32.2. The van der Waals surface area contributed by atoms with E-state index in [9.17, 15) is 18.4 Å². The molecule has 15 heavy (non-hydrogen) atoms. The highest BCUT2D eigenvalue weighted by Gasteiger charge is 2.25. The SMILES string of the molecule is O=C1C=C(S(=O)[O-])C(=O)c2ccccc21. The van der Waals surface area contributed by atoms with Gasteiger partial charge in [-0.2, -0.15) is 0 Å². The first-order valence-electron chi connectivity index (χ1n) is 4.10. The number of carbonyl (C=O) groups excluding carboxylic acids is 2. The summed E-state index contributed by atoms with van der Waals surface area (Å²) in [7, 11) is 0. The molecule has 5 heteroatoms. The molecule has 0 fully saturated rings. The number of ketones is 2. The van der Waals surface area contributed by atoms with Crippen LogP contribution in [0.4, 0.5) is 0 Å². The second-order valence-corrected chi connectivity index (χ2v) is 3.89. The summed E-state index contributed by atoms with van der Waals surface area (Å²) in [5.41, 5.74) is 0.390. The number of rotatable bonds is 1. The number of benzene rings is 1. The van der Waals surface area contributed by atoms with Crippen LogP contribution in [-0.4, -0.2) is 20.3 Å². The Hall–Kier alpha value is -1.59. The van der Waals surface area contributed by atoms with Gasteiger partial charge < -0.3 is 4.55 Å². The number of allylic oxidation sites excluding steroid dienone is 2. The summed E-state index contributed by atoms with van der Waals surface area (Å²) in [6.45, 7) is 0. The zero-order chi connectivity index (χ0) is 11.0. The molecule has 0 N–H and O–H groups in total. The van der Waals surface area contributed by atoms with Crippen molar-refractivity contribution in [3.8, 4) is 0 Å². The van der Waals surface area contributed by atoms with Crippen molar-refractivity contribution >= 4 is 22.6 Å². The van der Waals surface area contributed by atoms with Gasteiger partial charge in [-0.15, -0.1) is 0 Å². The molecular weight excluding hydrogens is 216 g/mol. The average molecular weight is 221 g/mol. The van der Waals surface area contributed by atoms with E-state index >= 15 is 0 Å².